The fourth-order valence-corrected chi connectivity index (χ4v) is 3.45. The molecule has 0 radical (unpaired) electrons. The van der Waals surface area contributed by atoms with Gasteiger partial charge in [-0.25, -0.2) is 0 Å². The smallest absolute Gasteiger partial charge is 0.0620 e. The van der Waals surface area contributed by atoms with Crippen LogP contribution in [-0.4, -0.2) is 37.9 Å². The van der Waals surface area contributed by atoms with E-state index in [1.165, 1.54) is 25.7 Å². The molecule has 0 bridgehead atoms. The van der Waals surface area contributed by atoms with E-state index in [0.717, 1.165) is 31.6 Å². The van der Waals surface area contributed by atoms with Crippen molar-refractivity contribution in [1.82, 2.24) is 10.6 Å². The minimum Gasteiger partial charge on any atom is -0.379 e. The first kappa shape index (κ1) is 14.3. The highest BCUT2D eigenvalue weighted by Crippen LogP contribution is 2.29. The van der Waals surface area contributed by atoms with E-state index in [4.69, 9.17) is 4.74 Å². The minimum absolute atomic E-state index is 0.539. The summed E-state index contributed by atoms with van der Waals surface area (Å²) < 4.78 is 5.52. The molecule has 0 aromatic carbocycles. The highest BCUT2D eigenvalue weighted by atomic mass is 16.5. The fourth-order valence-electron chi connectivity index (χ4n) is 3.45. The Balaban J connectivity index is 1.73. The molecule has 1 saturated carbocycles. The second-order valence-electron chi connectivity index (χ2n) is 6.40. The van der Waals surface area contributed by atoms with Crippen LogP contribution < -0.4 is 10.6 Å². The minimum atomic E-state index is 0.539. The molecule has 1 aliphatic heterocycles. The van der Waals surface area contributed by atoms with Gasteiger partial charge in [0.1, 0.15) is 0 Å². The zero-order valence-electron chi connectivity index (χ0n) is 12.2. The van der Waals surface area contributed by atoms with E-state index in [9.17, 15) is 0 Å². The average Bonchev–Trinajstić information content (AvgIpc) is 2.36. The molecule has 2 fully saturated rings. The third-order valence-electron chi connectivity index (χ3n) is 4.84. The van der Waals surface area contributed by atoms with Crippen LogP contribution in [0.4, 0.5) is 0 Å². The van der Waals surface area contributed by atoms with Gasteiger partial charge in [-0.05, 0) is 31.6 Å². The summed E-state index contributed by atoms with van der Waals surface area (Å²) in [7, 11) is 0. The van der Waals surface area contributed by atoms with Crippen molar-refractivity contribution in [2.75, 3.05) is 19.8 Å². The molecular formula is C15H30N2O. The maximum Gasteiger partial charge on any atom is 0.0620 e. The second kappa shape index (κ2) is 6.88. The number of ether oxygens (including phenoxy) is 1. The van der Waals surface area contributed by atoms with E-state index in [-0.39, 0.29) is 0 Å². The van der Waals surface area contributed by atoms with E-state index in [0.29, 0.717) is 18.1 Å². The standard InChI is InChI=1S/C15H30N2O/c1-11-5-4-6-15(13(11)3)17-12(2)9-14-10-18-8-7-16-14/h11-17H,4-10H2,1-3H3. The van der Waals surface area contributed by atoms with Gasteiger partial charge in [0.2, 0.25) is 0 Å². The summed E-state index contributed by atoms with van der Waals surface area (Å²) in [6.45, 7) is 9.89. The molecule has 2 aliphatic rings. The Hall–Kier alpha value is -0.120. The highest BCUT2D eigenvalue weighted by molar-refractivity contribution is 4.85. The van der Waals surface area contributed by atoms with Crippen LogP contribution >= 0.6 is 0 Å². The SMILES string of the molecule is CC(CC1COCCN1)NC1CCCC(C)C1C. The zero-order valence-corrected chi connectivity index (χ0v) is 12.2. The van der Waals surface area contributed by atoms with Crippen LogP contribution in [-0.2, 0) is 4.74 Å². The Morgan fingerprint density at radius 1 is 1.33 bits per heavy atom. The van der Waals surface area contributed by atoms with Gasteiger partial charge < -0.3 is 15.4 Å². The summed E-state index contributed by atoms with van der Waals surface area (Å²) in [4.78, 5) is 0. The van der Waals surface area contributed by atoms with Crippen molar-refractivity contribution in [3.8, 4) is 0 Å². The van der Waals surface area contributed by atoms with Gasteiger partial charge in [0.15, 0.2) is 0 Å². The Morgan fingerprint density at radius 2 is 2.17 bits per heavy atom. The molecule has 0 aromatic rings. The van der Waals surface area contributed by atoms with Gasteiger partial charge in [0.05, 0.1) is 13.2 Å². The van der Waals surface area contributed by atoms with Crippen LogP contribution in [0, 0.1) is 11.8 Å². The van der Waals surface area contributed by atoms with Gasteiger partial charge in [-0.3, -0.25) is 0 Å². The molecule has 1 saturated heterocycles. The van der Waals surface area contributed by atoms with Gasteiger partial charge in [0, 0.05) is 24.7 Å². The monoisotopic (exact) mass is 254 g/mol. The summed E-state index contributed by atoms with van der Waals surface area (Å²) in [6.07, 6.45) is 5.33. The van der Waals surface area contributed by atoms with Crippen molar-refractivity contribution < 1.29 is 4.74 Å². The van der Waals surface area contributed by atoms with Gasteiger partial charge >= 0.3 is 0 Å². The third-order valence-corrected chi connectivity index (χ3v) is 4.84. The van der Waals surface area contributed by atoms with Crippen molar-refractivity contribution in [3.63, 3.8) is 0 Å². The number of hydrogen-bond donors (Lipinski definition) is 2. The van der Waals surface area contributed by atoms with Crippen molar-refractivity contribution in [2.24, 2.45) is 11.8 Å². The lowest BCUT2D eigenvalue weighted by Crippen LogP contribution is -2.49. The molecule has 5 atom stereocenters. The Morgan fingerprint density at radius 3 is 2.89 bits per heavy atom. The van der Waals surface area contributed by atoms with Crippen molar-refractivity contribution in [2.45, 2.75) is 64.6 Å². The van der Waals surface area contributed by atoms with E-state index in [2.05, 4.69) is 31.4 Å². The molecule has 3 heteroatoms. The molecule has 1 aliphatic carbocycles. The molecule has 2 N–H and O–H groups in total. The van der Waals surface area contributed by atoms with Gasteiger partial charge in [0.25, 0.3) is 0 Å². The normalized spacial score (nSPS) is 39.5. The van der Waals surface area contributed by atoms with Gasteiger partial charge in [-0.15, -0.1) is 0 Å². The van der Waals surface area contributed by atoms with Crippen LogP contribution in [0.3, 0.4) is 0 Å². The van der Waals surface area contributed by atoms with E-state index < -0.39 is 0 Å². The molecule has 0 aromatic heterocycles. The first-order chi connectivity index (χ1) is 8.66. The predicted molar refractivity (Wildman–Crippen MR) is 75.8 cm³/mol. The maximum absolute atomic E-state index is 5.52. The molecule has 0 spiro atoms. The number of rotatable bonds is 4. The Kier molecular flexibility index (Phi) is 5.46. The van der Waals surface area contributed by atoms with Crippen molar-refractivity contribution in [3.05, 3.63) is 0 Å². The second-order valence-corrected chi connectivity index (χ2v) is 6.40. The lowest BCUT2D eigenvalue weighted by Gasteiger charge is -2.37. The molecular weight excluding hydrogens is 224 g/mol. The van der Waals surface area contributed by atoms with Crippen LogP contribution in [0.25, 0.3) is 0 Å². The molecule has 0 amide bonds. The number of morpholine rings is 1. The van der Waals surface area contributed by atoms with Crippen LogP contribution in [0.15, 0.2) is 0 Å². The molecule has 1 heterocycles. The van der Waals surface area contributed by atoms with Crippen LogP contribution in [0.2, 0.25) is 0 Å². The molecule has 5 unspecified atom stereocenters. The maximum atomic E-state index is 5.52. The first-order valence-electron chi connectivity index (χ1n) is 7.74. The van der Waals surface area contributed by atoms with Crippen molar-refractivity contribution >= 4 is 0 Å². The summed E-state index contributed by atoms with van der Waals surface area (Å²) in [5.74, 6) is 1.69. The van der Waals surface area contributed by atoms with Gasteiger partial charge in [-0.1, -0.05) is 26.7 Å². The summed E-state index contributed by atoms with van der Waals surface area (Å²) in [5.41, 5.74) is 0. The van der Waals surface area contributed by atoms with E-state index >= 15 is 0 Å². The van der Waals surface area contributed by atoms with E-state index in [1.807, 2.05) is 0 Å². The Bertz CT molecular complexity index is 241. The predicted octanol–water partition coefficient (Wildman–Crippen LogP) is 2.17. The van der Waals surface area contributed by atoms with Crippen molar-refractivity contribution in [1.29, 1.82) is 0 Å². The summed E-state index contributed by atoms with van der Waals surface area (Å²) in [6, 6.07) is 1.84. The molecule has 18 heavy (non-hydrogen) atoms. The van der Waals surface area contributed by atoms with Gasteiger partial charge in [-0.2, -0.15) is 0 Å². The molecule has 3 nitrogen and oxygen atoms in total. The number of hydrogen-bond acceptors (Lipinski definition) is 3. The third kappa shape index (κ3) is 3.94. The zero-order chi connectivity index (χ0) is 13.0. The first-order valence-corrected chi connectivity index (χ1v) is 7.74. The lowest BCUT2D eigenvalue weighted by atomic mass is 9.77. The summed E-state index contributed by atoms with van der Waals surface area (Å²) >= 11 is 0. The molecule has 2 rings (SSSR count). The highest BCUT2D eigenvalue weighted by Gasteiger charge is 2.28. The topological polar surface area (TPSA) is 33.3 Å². The quantitative estimate of drug-likeness (QED) is 0.806. The largest absolute Gasteiger partial charge is 0.379 e. The number of nitrogens with one attached hydrogen (secondary N) is 2. The lowest BCUT2D eigenvalue weighted by molar-refractivity contribution is 0.0694. The summed E-state index contributed by atoms with van der Waals surface area (Å²) in [5, 5.41) is 7.39. The average molecular weight is 254 g/mol. The van der Waals surface area contributed by atoms with Crippen LogP contribution in [0.1, 0.15) is 46.5 Å². The molecule has 106 valence electrons. The van der Waals surface area contributed by atoms with Crippen LogP contribution in [0.5, 0.6) is 0 Å². The Labute approximate surface area is 112 Å². The fraction of sp³-hybridized carbons (Fsp3) is 1.00. The van der Waals surface area contributed by atoms with E-state index in [1.54, 1.807) is 0 Å².